The van der Waals surface area contributed by atoms with Gasteiger partial charge in [-0.25, -0.2) is 0 Å². The molecular formula is C12H16ClN. The fraction of sp³-hybridized carbons (Fsp3) is 0.500. The molecule has 0 N–H and O–H groups in total. The van der Waals surface area contributed by atoms with Gasteiger partial charge in [0, 0.05) is 13.1 Å². The van der Waals surface area contributed by atoms with Crippen molar-refractivity contribution in [1.82, 2.24) is 0 Å². The molecule has 1 aliphatic heterocycles. The molecule has 0 unspecified atom stereocenters. The fourth-order valence-electron chi connectivity index (χ4n) is 1.98. The standard InChI is InChI=1S/C12H16ClN/c1-2-10-5-6-12(11(13)9-10)14-7-3-4-8-14/h5-6,9H,2-4,7-8H2,1H3. The lowest BCUT2D eigenvalue weighted by atomic mass is 10.1. The number of nitrogens with zero attached hydrogens (tertiary/aromatic N) is 1. The molecule has 1 fully saturated rings. The summed E-state index contributed by atoms with van der Waals surface area (Å²) < 4.78 is 0. The molecule has 0 spiro atoms. The lowest BCUT2D eigenvalue weighted by molar-refractivity contribution is 0.949. The van der Waals surface area contributed by atoms with E-state index in [0.717, 1.165) is 24.5 Å². The summed E-state index contributed by atoms with van der Waals surface area (Å²) >= 11 is 6.25. The van der Waals surface area contributed by atoms with Crippen molar-refractivity contribution >= 4 is 17.3 Å². The van der Waals surface area contributed by atoms with E-state index in [9.17, 15) is 0 Å². The van der Waals surface area contributed by atoms with Crippen molar-refractivity contribution in [2.75, 3.05) is 18.0 Å². The SMILES string of the molecule is CCc1ccc(N2CCCC2)c(Cl)c1. The molecule has 1 nitrogen and oxygen atoms in total. The van der Waals surface area contributed by atoms with Gasteiger partial charge in [-0.15, -0.1) is 0 Å². The Morgan fingerprint density at radius 3 is 2.57 bits per heavy atom. The van der Waals surface area contributed by atoms with Gasteiger partial charge in [0.25, 0.3) is 0 Å². The number of hydrogen-bond acceptors (Lipinski definition) is 1. The molecule has 1 saturated heterocycles. The van der Waals surface area contributed by atoms with Crippen LogP contribution in [0.25, 0.3) is 0 Å². The van der Waals surface area contributed by atoms with Gasteiger partial charge in [0.05, 0.1) is 10.7 Å². The molecule has 2 heteroatoms. The van der Waals surface area contributed by atoms with Gasteiger partial charge >= 0.3 is 0 Å². The molecule has 1 aromatic rings. The van der Waals surface area contributed by atoms with Crippen LogP contribution in [0.5, 0.6) is 0 Å². The van der Waals surface area contributed by atoms with E-state index in [2.05, 4.69) is 30.0 Å². The Balaban J connectivity index is 2.25. The van der Waals surface area contributed by atoms with Crippen LogP contribution in [-0.4, -0.2) is 13.1 Å². The van der Waals surface area contributed by atoms with Gasteiger partial charge in [0.2, 0.25) is 0 Å². The highest BCUT2D eigenvalue weighted by atomic mass is 35.5. The topological polar surface area (TPSA) is 3.24 Å². The first-order valence-corrected chi connectivity index (χ1v) is 5.72. The summed E-state index contributed by atoms with van der Waals surface area (Å²) in [6.07, 6.45) is 3.65. The van der Waals surface area contributed by atoms with E-state index in [1.165, 1.54) is 24.1 Å². The number of rotatable bonds is 2. The van der Waals surface area contributed by atoms with Crippen LogP contribution in [0.4, 0.5) is 5.69 Å². The third kappa shape index (κ3) is 1.88. The second-order valence-electron chi connectivity index (χ2n) is 3.83. The van der Waals surface area contributed by atoms with Crippen LogP contribution in [-0.2, 0) is 6.42 Å². The van der Waals surface area contributed by atoms with E-state index in [1.54, 1.807) is 0 Å². The number of halogens is 1. The number of benzene rings is 1. The van der Waals surface area contributed by atoms with Gasteiger partial charge in [-0.3, -0.25) is 0 Å². The highest BCUT2D eigenvalue weighted by Crippen LogP contribution is 2.29. The van der Waals surface area contributed by atoms with E-state index < -0.39 is 0 Å². The molecule has 0 aromatic heterocycles. The summed E-state index contributed by atoms with van der Waals surface area (Å²) in [6.45, 7) is 4.47. The minimum absolute atomic E-state index is 0.909. The van der Waals surface area contributed by atoms with E-state index >= 15 is 0 Å². The first-order valence-electron chi connectivity index (χ1n) is 5.34. The molecule has 2 rings (SSSR count). The predicted octanol–water partition coefficient (Wildman–Crippen LogP) is 3.50. The van der Waals surface area contributed by atoms with Crippen LogP contribution in [0.2, 0.25) is 5.02 Å². The Hall–Kier alpha value is -0.690. The highest BCUT2D eigenvalue weighted by Gasteiger charge is 2.14. The maximum Gasteiger partial charge on any atom is 0.0642 e. The van der Waals surface area contributed by atoms with Gasteiger partial charge in [0.15, 0.2) is 0 Å². The first-order chi connectivity index (χ1) is 6.81. The average molecular weight is 210 g/mol. The molecule has 0 amide bonds. The van der Waals surface area contributed by atoms with Crippen LogP contribution >= 0.6 is 11.6 Å². The Kier molecular flexibility index (Phi) is 2.97. The summed E-state index contributed by atoms with van der Waals surface area (Å²) in [5.74, 6) is 0. The molecule has 14 heavy (non-hydrogen) atoms. The van der Waals surface area contributed by atoms with Crippen LogP contribution in [0, 0.1) is 0 Å². The summed E-state index contributed by atoms with van der Waals surface area (Å²) in [6, 6.07) is 6.43. The molecule has 1 aliphatic rings. The summed E-state index contributed by atoms with van der Waals surface area (Å²) in [7, 11) is 0. The molecule has 0 radical (unpaired) electrons. The Bertz CT molecular complexity index is 316. The van der Waals surface area contributed by atoms with E-state index in [4.69, 9.17) is 11.6 Å². The minimum atomic E-state index is 0.909. The fourth-order valence-corrected chi connectivity index (χ4v) is 2.31. The van der Waals surface area contributed by atoms with Gasteiger partial charge in [-0.05, 0) is 37.0 Å². The van der Waals surface area contributed by atoms with Crippen molar-refractivity contribution in [3.63, 3.8) is 0 Å². The first kappa shape index (κ1) is 9.85. The number of anilines is 1. The average Bonchev–Trinajstić information content (AvgIpc) is 2.70. The van der Waals surface area contributed by atoms with Crippen molar-refractivity contribution in [3.05, 3.63) is 28.8 Å². The molecule has 1 heterocycles. The predicted molar refractivity (Wildman–Crippen MR) is 62.3 cm³/mol. The zero-order valence-electron chi connectivity index (χ0n) is 8.59. The molecule has 0 aliphatic carbocycles. The van der Waals surface area contributed by atoms with Gasteiger partial charge in [0.1, 0.15) is 0 Å². The van der Waals surface area contributed by atoms with Crippen LogP contribution in [0.1, 0.15) is 25.3 Å². The van der Waals surface area contributed by atoms with E-state index in [1.807, 2.05) is 0 Å². The monoisotopic (exact) mass is 209 g/mol. The van der Waals surface area contributed by atoms with Crippen molar-refractivity contribution in [2.45, 2.75) is 26.2 Å². The Labute approximate surface area is 90.7 Å². The molecule has 1 aromatic carbocycles. The van der Waals surface area contributed by atoms with Crippen molar-refractivity contribution in [1.29, 1.82) is 0 Å². The molecule has 0 atom stereocenters. The van der Waals surface area contributed by atoms with Crippen molar-refractivity contribution in [3.8, 4) is 0 Å². The third-order valence-electron chi connectivity index (χ3n) is 2.87. The summed E-state index contributed by atoms with van der Waals surface area (Å²) in [5.41, 5.74) is 2.53. The lowest BCUT2D eigenvalue weighted by Crippen LogP contribution is -2.17. The lowest BCUT2D eigenvalue weighted by Gasteiger charge is -2.19. The molecular weight excluding hydrogens is 194 g/mol. The second kappa shape index (κ2) is 4.22. The van der Waals surface area contributed by atoms with Gasteiger partial charge < -0.3 is 4.90 Å². The van der Waals surface area contributed by atoms with Crippen LogP contribution in [0.15, 0.2) is 18.2 Å². The smallest absolute Gasteiger partial charge is 0.0642 e. The van der Waals surface area contributed by atoms with Gasteiger partial charge in [-0.1, -0.05) is 24.6 Å². The molecule has 0 bridgehead atoms. The maximum absolute atomic E-state index is 6.25. The second-order valence-corrected chi connectivity index (χ2v) is 4.24. The third-order valence-corrected chi connectivity index (χ3v) is 3.17. The largest absolute Gasteiger partial charge is 0.370 e. The normalized spacial score (nSPS) is 16.3. The number of aryl methyl sites for hydroxylation is 1. The zero-order chi connectivity index (χ0) is 9.97. The van der Waals surface area contributed by atoms with Gasteiger partial charge in [-0.2, -0.15) is 0 Å². The van der Waals surface area contributed by atoms with E-state index in [-0.39, 0.29) is 0 Å². The minimum Gasteiger partial charge on any atom is -0.370 e. The Morgan fingerprint density at radius 2 is 2.00 bits per heavy atom. The van der Waals surface area contributed by atoms with Crippen LogP contribution < -0.4 is 4.90 Å². The van der Waals surface area contributed by atoms with E-state index in [0.29, 0.717) is 0 Å². The van der Waals surface area contributed by atoms with Crippen molar-refractivity contribution < 1.29 is 0 Å². The zero-order valence-corrected chi connectivity index (χ0v) is 9.35. The number of hydrogen-bond donors (Lipinski definition) is 0. The van der Waals surface area contributed by atoms with Crippen LogP contribution in [0.3, 0.4) is 0 Å². The quantitative estimate of drug-likeness (QED) is 0.721. The summed E-state index contributed by atoms with van der Waals surface area (Å²) in [5, 5.41) is 0.909. The summed E-state index contributed by atoms with van der Waals surface area (Å²) in [4.78, 5) is 2.38. The maximum atomic E-state index is 6.25. The Morgan fingerprint density at radius 1 is 1.29 bits per heavy atom. The molecule has 76 valence electrons. The molecule has 0 saturated carbocycles. The highest BCUT2D eigenvalue weighted by molar-refractivity contribution is 6.33. The van der Waals surface area contributed by atoms with Crippen molar-refractivity contribution in [2.24, 2.45) is 0 Å².